The SMILES string of the molecule is CC(=O)N1CCN(C2CN(CCS(C)(=O)=O)CC2C)CC1. The van der Waals surface area contributed by atoms with Crippen LogP contribution in [0.5, 0.6) is 0 Å². The molecule has 2 fully saturated rings. The van der Waals surface area contributed by atoms with Gasteiger partial charge in [0.1, 0.15) is 9.84 Å². The first-order valence-corrected chi connectivity index (χ1v) is 9.72. The summed E-state index contributed by atoms with van der Waals surface area (Å²) < 4.78 is 22.6. The third-order valence-corrected chi connectivity index (χ3v) is 5.58. The van der Waals surface area contributed by atoms with Gasteiger partial charge in [-0.05, 0) is 5.92 Å². The highest BCUT2D eigenvalue weighted by Crippen LogP contribution is 2.22. The molecular formula is C14H27N3O3S. The molecule has 0 radical (unpaired) electrons. The van der Waals surface area contributed by atoms with Crippen LogP contribution in [-0.4, -0.2) is 92.9 Å². The van der Waals surface area contributed by atoms with Crippen molar-refractivity contribution in [3.05, 3.63) is 0 Å². The molecule has 1 amide bonds. The smallest absolute Gasteiger partial charge is 0.219 e. The molecule has 0 aromatic carbocycles. The van der Waals surface area contributed by atoms with Crippen LogP contribution in [0.25, 0.3) is 0 Å². The van der Waals surface area contributed by atoms with Gasteiger partial charge in [0.25, 0.3) is 0 Å². The van der Waals surface area contributed by atoms with E-state index in [2.05, 4.69) is 16.7 Å². The quantitative estimate of drug-likeness (QED) is 0.701. The predicted molar refractivity (Wildman–Crippen MR) is 82.9 cm³/mol. The molecule has 0 aromatic rings. The largest absolute Gasteiger partial charge is 0.340 e. The van der Waals surface area contributed by atoms with E-state index in [1.165, 1.54) is 6.26 Å². The van der Waals surface area contributed by atoms with Crippen LogP contribution >= 0.6 is 0 Å². The highest BCUT2D eigenvalue weighted by molar-refractivity contribution is 7.90. The van der Waals surface area contributed by atoms with Crippen molar-refractivity contribution in [3.63, 3.8) is 0 Å². The Morgan fingerprint density at radius 2 is 1.76 bits per heavy atom. The molecule has 0 spiro atoms. The van der Waals surface area contributed by atoms with Gasteiger partial charge in [-0.1, -0.05) is 6.92 Å². The molecule has 2 unspecified atom stereocenters. The highest BCUT2D eigenvalue weighted by Gasteiger charge is 2.35. The second kappa shape index (κ2) is 6.62. The lowest BCUT2D eigenvalue weighted by molar-refractivity contribution is -0.130. The van der Waals surface area contributed by atoms with Crippen molar-refractivity contribution in [2.75, 3.05) is 57.8 Å². The molecule has 2 atom stereocenters. The van der Waals surface area contributed by atoms with Crippen LogP contribution in [-0.2, 0) is 14.6 Å². The van der Waals surface area contributed by atoms with E-state index >= 15 is 0 Å². The first kappa shape index (κ1) is 16.7. The van der Waals surface area contributed by atoms with E-state index in [0.29, 0.717) is 18.5 Å². The summed E-state index contributed by atoms with van der Waals surface area (Å²) in [5.41, 5.74) is 0. The Morgan fingerprint density at radius 1 is 1.14 bits per heavy atom. The van der Waals surface area contributed by atoms with Crippen LogP contribution < -0.4 is 0 Å². The van der Waals surface area contributed by atoms with Crippen LogP contribution in [0.3, 0.4) is 0 Å². The number of hydrogen-bond donors (Lipinski definition) is 0. The molecular weight excluding hydrogens is 290 g/mol. The van der Waals surface area contributed by atoms with Crippen molar-refractivity contribution in [3.8, 4) is 0 Å². The second-order valence-corrected chi connectivity index (χ2v) is 8.74. The molecule has 6 nitrogen and oxygen atoms in total. The molecule has 2 saturated heterocycles. The van der Waals surface area contributed by atoms with Gasteiger partial charge in [-0.3, -0.25) is 9.69 Å². The zero-order valence-electron chi connectivity index (χ0n) is 13.3. The zero-order valence-corrected chi connectivity index (χ0v) is 14.1. The Kier molecular flexibility index (Phi) is 5.27. The minimum Gasteiger partial charge on any atom is -0.340 e. The number of carbonyl (C=O) groups excluding carboxylic acids is 1. The van der Waals surface area contributed by atoms with Gasteiger partial charge < -0.3 is 9.80 Å². The number of nitrogens with zero attached hydrogens (tertiary/aromatic N) is 3. The Hall–Kier alpha value is -0.660. The van der Waals surface area contributed by atoms with E-state index in [-0.39, 0.29) is 11.7 Å². The topological polar surface area (TPSA) is 60.9 Å². The number of piperazine rings is 1. The summed E-state index contributed by atoms with van der Waals surface area (Å²) >= 11 is 0. The number of amides is 1. The van der Waals surface area contributed by atoms with Gasteiger partial charge in [0.2, 0.25) is 5.91 Å². The van der Waals surface area contributed by atoms with Crippen molar-refractivity contribution < 1.29 is 13.2 Å². The Balaban J connectivity index is 1.83. The Labute approximate surface area is 128 Å². The highest BCUT2D eigenvalue weighted by atomic mass is 32.2. The van der Waals surface area contributed by atoms with E-state index in [9.17, 15) is 13.2 Å². The lowest BCUT2D eigenvalue weighted by Crippen LogP contribution is -2.53. The Morgan fingerprint density at radius 3 is 2.29 bits per heavy atom. The average Bonchev–Trinajstić information content (AvgIpc) is 2.77. The van der Waals surface area contributed by atoms with Crippen LogP contribution in [0.4, 0.5) is 0 Å². The van der Waals surface area contributed by atoms with Crippen molar-refractivity contribution in [1.29, 1.82) is 0 Å². The minimum atomic E-state index is -2.89. The fraction of sp³-hybridized carbons (Fsp3) is 0.929. The maximum atomic E-state index is 11.4. The number of sulfone groups is 1. The van der Waals surface area contributed by atoms with Crippen LogP contribution in [0.15, 0.2) is 0 Å². The van der Waals surface area contributed by atoms with E-state index in [1.807, 2.05) is 4.90 Å². The van der Waals surface area contributed by atoms with Gasteiger partial charge >= 0.3 is 0 Å². The van der Waals surface area contributed by atoms with Crippen molar-refractivity contribution in [2.45, 2.75) is 19.9 Å². The summed E-state index contributed by atoms with van der Waals surface area (Å²) in [4.78, 5) is 18.0. The number of likely N-dealkylation sites (tertiary alicyclic amines) is 1. The van der Waals surface area contributed by atoms with Crippen LogP contribution in [0.1, 0.15) is 13.8 Å². The Bertz CT molecular complexity index is 472. The number of rotatable bonds is 4. The molecule has 2 aliphatic heterocycles. The van der Waals surface area contributed by atoms with Crippen LogP contribution in [0.2, 0.25) is 0 Å². The van der Waals surface area contributed by atoms with Gasteiger partial charge in [0.05, 0.1) is 5.75 Å². The molecule has 122 valence electrons. The fourth-order valence-electron chi connectivity index (χ4n) is 3.37. The molecule has 2 aliphatic rings. The van der Waals surface area contributed by atoms with Gasteiger partial charge in [-0.2, -0.15) is 0 Å². The number of hydrogen-bond acceptors (Lipinski definition) is 5. The summed E-state index contributed by atoms with van der Waals surface area (Å²) in [5, 5.41) is 0. The standard InChI is InChI=1S/C14H27N3O3S/c1-12-10-15(8-9-21(3,19)20)11-14(12)17-6-4-16(5-7-17)13(2)18/h12,14H,4-11H2,1-3H3. The van der Waals surface area contributed by atoms with E-state index in [0.717, 1.165) is 39.3 Å². The normalized spacial score (nSPS) is 29.0. The van der Waals surface area contributed by atoms with E-state index in [1.54, 1.807) is 6.92 Å². The zero-order chi connectivity index (χ0) is 15.6. The van der Waals surface area contributed by atoms with E-state index < -0.39 is 9.84 Å². The summed E-state index contributed by atoms with van der Waals surface area (Å²) in [6.07, 6.45) is 1.30. The van der Waals surface area contributed by atoms with E-state index in [4.69, 9.17) is 0 Å². The lowest BCUT2D eigenvalue weighted by Gasteiger charge is -2.39. The molecule has 0 saturated carbocycles. The molecule has 0 bridgehead atoms. The monoisotopic (exact) mass is 317 g/mol. The van der Waals surface area contributed by atoms with Crippen LogP contribution in [0, 0.1) is 5.92 Å². The maximum absolute atomic E-state index is 11.4. The van der Waals surface area contributed by atoms with Crippen molar-refractivity contribution >= 4 is 15.7 Å². The molecule has 0 aromatic heterocycles. The molecule has 21 heavy (non-hydrogen) atoms. The molecule has 2 heterocycles. The maximum Gasteiger partial charge on any atom is 0.219 e. The van der Waals surface area contributed by atoms with Gasteiger partial charge in [-0.25, -0.2) is 8.42 Å². The summed E-state index contributed by atoms with van der Waals surface area (Å²) in [6, 6.07) is 0.485. The minimum absolute atomic E-state index is 0.156. The second-order valence-electron chi connectivity index (χ2n) is 6.48. The fourth-order valence-corrected chi connectivity index (χ4v) is 3.96. The third kappa shape index (κ3) is 4.66. The van der Waals surface area contributed by atoms with Gasteiger partial charge in [0.15, 0.2) is 0 Å². The first-order valence-electron chi connectivity index (χ1n) is 7.66. The van der Waals surface area contributed by atoms with Gasteiger partial charge in [-0.15, -0.1) is 0 Å². The van der Waals surface area contributed by atoms with Crippen molar-refractivity contribution in [2.24, 2.45) is 5.92 Å². The molecule has 2 rings (SSSR count). The summed E-state index contributed by atoms with van der Waals surface area (Å²) in [5.74, 6) is 0.946. The lowest BCUT2D eigenvalue weighted by atomic mass is 10.0. The average molecular weight is 317 g/mol. The van der Waals surface area contributed by atoms with Crippen molar-refractivity contribution in [1.82, 2.24) is 14.7 Å². The molecule has 7 heteroatoms. The third-order valence-electron chi connectivity index (χ3n) is 4.66. The molecule has 0 aliphatic carbocycles. The van der Waals surface area contributed by atoms with Gasteiger partial charge in [0, 0.05) is 65.0 Å². The summed E-state index contributed by atoms with van der Waals surface area (Å²) in [7, 11) is -2.89. The summed E-state index contributed by atoms with van der Waals surface area (Å²) in [6.45, 7) is 9.87. The number of carbonyl (C=O) groups is 1. The predicted octanol–water partition coefficient (Wildman–Crippen LogP) is -0.485. The first-order chi connectivity index (χ1) is 9.76. The molecule has 0 N–H and O–H groups in total.